The Hall–Kier alpha value is -6.07. The fourth-order valence-corrected chi connectivity index (χ4v) is 15.9. The van der Waals surface area contributed by atoms with Gasteiger partial charge in [0.25, 0.3) is 0 Å². The van der Waals surface area contributed by atoms with E-state index in [0.717, 1.165) is 0 Å². The van der Waals surface area contributed by atoms with Gasteiger partial charge in [-0.3, -0.25) is 18.1 Å². The minimum atomic E-state index is -4.21. The van der Waals surface area contributed by atoms with Crippen LogP contribution in [0.5, 0.6) is 69.0 Å². The lowest BCUT2D eigenvalue weighted by molar-refractivity contribution is 0.349. The number of rotatable bonds is 18. The number of nitrogens with one attached hydrogen (secondary N) is 2. The standard InChI is InChI=1S/C42H44N3O12P3/c1-46-31-19-7-13-25-37(31)52-58(53-38-26-14-8-20-32(38)47-2)43-59(54-39-27-15-9-21-33(39)48-3,55-40-28-16-10-22-34(40)49-4)45-60(44-58,56-41-29-17-11-23-35(41)50-5)57-42-30-18-12-24-36(42)51-6/h7-30,43-44H,1-6H3/q+2. The monoisotopic (exact) mass is 875 g/mol. The summed E-state index contributed by atoms with van der Waals surface area (Å²) in [6.45, 7) is 0. The van der Waals surface area contributed by atoms with Gasteiger partial charge in [-0.25, -0.2) is 0 Å². The summed E-state index contributed by atoms with van der Waals surface area (Å²) < 4.78 is 82.5. The molecule has 7 rings (SSSR count). The van der Waals surface area contributed by atoms with Crippen LogP contribution in [0.4, 0.5) is 0 Å². The lowest BCUT2D eigenvalue weighted by atomic mass is 10.3. The van der Waals surface area contributed by atoms with Crippen molar-refractivity contribution in [3.05, 3.63) is 146 Å². The van der Waals surface area contributed by atoms with Gasteiger partial charge in [-0.05, 0) is 72.8 Å². The van der Waals surface area contributed by atoms with Crippen molar-refractivity contribution >= 4 is 23.7 Å². The molecule has 0 radical (unpaired) electrons. The van der Waals surface area contributed by atoms with E-state index >= 15 is 0 Å². The van der Waals surface area contributed by atoms with Crippen LogP contribution in [0.25, 0.3) is 0 Å². The second-order valence-electron chi connectivity index (χ2n) is 12.3. The van der Waals surface area contributed by atoms with E-state index in [-0.39, 0.29) is 34.5 Å². The Kier molecular flexibility index (Phi) is 13.2. The summed E-state index contributed by atoms with van der Waals surface area (Å²) in [5.74, 6) is 3.79. The van der Waals surface area contributed by atoms with Crippen molar-refractivity contribution in [3.8, 4) is 69.0 Å². The Labute approximate surface area is 349 Å². The molecule has 18 heteroatoms. The molecule has 0 atom stereocenters. The van der Waals surface area contributed by atoms with E-state index in [1.54, 1.807) is 109 Å². The third kappa shape index (κ3) is 9.37. The van der Waals surface area contributed by atoms with Crippen molar-refractivity contribution < 1.29 is 55.6 Å². The van der Waals surface area contributed by atoms with E-state index < -0.39 is 23.7 Å². The fourth-order valence-electron chi connectivity index (χ4n) is 5.82. The summed E-state index contributed by atoms with van der Waals surface area (Å²) in [4.78, 5) is 7.00. The third-order valence-electron chi connectivity index (χ3n) is 8.51. The quantitative estimate of drug-likeness (QED) is 0.0789. The summed E-state index contributed by atoms with van der Waals surface area (Å²) in [5, 5.41) is 0. The molecule has 60 heavy (non-hydrogen) atoms. The van der Waals surface area contributed by atoms with Gasteiger partial charge in [-0.2, -0.15) is 0 Å². The number of hydrogen-bond donors (Lipinski definition) is 2. The number of benzene rings is 6. The summed E-state index contributed by atoms with van der Waals surface area (Å²) in [6.07, 6.45) is 0. The van der Waals surface area contributed by atoms with Gasteiger partial charge in [-0.15, -0.1) is 0 Å². The lowest BCUT2D eigenvalue weighted by Crippen LogP contribution is -2.41. The van der Waals surface area contributed by atoms with Crippen molar-refractivity contribution in [2.24, 2.45) is 4.52 Å². The molecule has 6 aromatic carbocycles. The van der Waals surface area contributed by atoms with E-state index in [9.17, 15) is 0 Å². The second-order valence-corrected chi connectivity index (χ2v) is 18.9. The van der Waals surface area contributed by atoms with Crippen molar-refractivity contribution in [3.63, 3.8) is 0 Å². The average molecular weight is 876 g/mol. The Morgan fingerprint density at radius 2 is 0.600 bits per heavy atom. The number of nitrogens with zero attached hydrogens (tertiary/aromatic N) is 1. The molecule has 1 aliphatic heterocycles. The van der Waals surface area contributed by atoms with Crippen LogP contribution in [-0.2, 0) is 0 Å². The number of para-hydroxylation sites is 12. The number of methoxy groups -OCH3 is 6. The molecule has 0 aliphatic carbocycles. The van der Waals surface area contributed by atoms with Gasteiger partial charge < -0.3 is 37.5 Å². The Bertz CT molecular complexity index is 2310. The van der Waals surface area contributed by atoms with E-state index in [1.165, 1.54) is 42.7 Å². The minimum Gasteiger partial charge on any atom is -0.493 e. The average Bonchev–Trinajstić information content (AvgIpc) is 3.27. The third-order valence-corrected chi connectivity index (χ3v) is 17.2. The molecule has 1 heterocycles. The van der Waals surface area contributed by atoms with Crippen LogP contribution in [-0.4, -0.2) is 42.7 Å². The SMILES string of the molecule is COc1ccccc1OP1(Oc2ccccc2OC)=N[P+](Oc2ccccc2OC)(Oc2ccccc2OC)N[P+](Oc2ccccc2OC)(Oc2ccccc2OC)N1. The van der Waals surface area contributed by atoms with Gasteiger partial charge in [0.15, 0.2) is 46.0 Å². The Morgan fingerprint density at radius 3 is 0.900 bits per heavy atom. The fraction of sp³-hybridized carbons (Fsp3) is 0.143. The first-order valence-corrected chi connectivity index (χ1v) is 23.0. The van der Waals surface area contributed by atoms with Crippen molar-refractivity contribution in [1.82, 2.24) is 9.72 Å². The smallest absolute Gasteiger partial charge is 0.493 e. The molecule has 0 amide bonds. The Balaban J connectivity index is 1.59. The van der Waals surface area contributed by atoms with E-state index in [2.05, 4.69) is 9.72 Å². The van der Waals surface area contributed by atoms with Crippen LogP contribution in [0, 0.1) is 0 Å². The largest absolute Gasteiger partial charge is 0.617 e. The maximum Gasteiger partial charge on any atom is 0.617 e. The molecule has 2 N–H and O–H groups in total. The highest BCUT2D eigenvalue weighted by Gasteiger charge is 2.75. The molecular weight excluding hydrogens is 831 g/mol. The molecule has 312 valence electrons. The van der Waals surface area contributed by atoms with Gasteiger partial charge >= 0.3 is 23.7 Å². The highest BCUT2D eigenvalue weighted by molar-refractivity contribution is 7.89. The Morgan fingerprint density at radius 1 is 0.350 bits per heavy atom. The molecule has 0 unspecified atom stereocenters. The van der Waals surface area contributed by atoms with Gasteiger partial charge in [-0.1, -0.05) is 72.8 Å². The van der Waals surface area contributed by atoms with Crippen molar-refractivity contribution in [2.75, 3.05) is 42.7 Å². The zero-order chi connectivity index (χ0) is 42.0. The molecule has 6 aromatic rings. The number of ether oxygens (including phenoxy) is 6. The first kappa shape index (κ1) is 42.1. The first-order valence-electron chi connectivity index (χ1n) is 18.3. The number of hydrogen-bond acceptors (Lipinski definition) is 15. The summed E-state index contributed by atoms with van der Waals surface area (Å²) in [5.41, 5.74) is 0. The molecule has 0 bridgehead atoms. The van der Waals surface area contributed by atoms with Gasteiger partial charge in [0.05, 0.1) is 47.2 Å². The maximum atomic E-state index is 7.09. The highest BCUT2D eigenvalue weighted by atomic mass is 31.3. The van der Waals surface area contributed by atoms with Crippen LogP contribution >= 0.6 is 23.7 Å². The molecule has 0 saturated heterocycles. The molecule has 0 spiro atoms. The van der Waals surface area contributed by atoms with Crippen molar-refractivity contribution in [1.29, 1.82) is 0 Å². The van der Waals surface area contributed by atoms with Gasteiger partial charge in [0, 0.05) is 4.86 Å². The summed E-state index contributed by atoms with van der Waals surface area (Å²) in [6, 6.07) is 42.4. The zero-order valence-electron chi connectivity index (χ0n) is 33.5. The maximum absolute atomic E-state index is 7.09. The van der Waals surface area contributed by atoms with Crippen LogP contribution in [0.2, 0.25) is 0 Å². The summed E-state index contributed by atoms with van der Waals surface area (Å²) in [7, 11) is -3.36. The molecule has 0 aromatic heterocycles. The van der Waals surface area contributed by atoms with Crippen LogP contribution in [0.1, 0.15) is 0 Å². The molecular formula is C42H44N3O12P3+2. The molecule has 0 saturated carbocycles. The molecule has 0 fully saturated rings. The normalized spacial score (nSPS) is 14.6. The van der Waals surface area contributed by atoms with E-state index in [1.807, 2.05) is 36.4 Å². The van der Waals surface area contributed by atoms with Crippen molar-refractivity contribution in [2.45, 2.75) is 0 Å². The zero-order valence-corrected chi connectivity index (χ0v) is 36.2. The first-order chi connectivity index (χ1) is 29.3. The van der Waals surface area contributed by atoms with Gasteiger partial charge in [0.2, 0.25) is 23.0 Å². The molecule has 1 aliphatic rings. The summed E-state index contributed by atoms with van der Waals surface area (Å²) >= 11 is 0. The minimum absolute atomic E-state index is 0.252. The van der Waals surface area contributed by atoms with Gasteiger partial charge in [0.1, 0.15) is 4.86 Å². The van der Waals surface area contributed by atoms with Crippen LogP contribution in [0.15, 0.2) is 150 Å². The molecule has 15 nitrogen and oxygen atoms in total. The second kappa shape index (κ2) is 18.9. The predicted molar refractivity (Wildman–Crippen MR) is 231 cm³/mol. The lowest BCUT2D eigenvalue weighted by Gasteiger charge is -2.34. The highest BCUT2D eigenvalue weighted by Crippen LogP contribution is 2.81. The van der Waals surface area contributed by atoms with Crippen LogP contribution < -0.4 is 65.3 Å². The topological polar surface area (TPSA) is 147 Å². The van der Waals surface area contributed by atoms with E-state index in [4.69, 9.17) is 60.1 Å². The predicted octanol–water partition coefficient (Wildman–Crippen LogP) is 11.0. The van der Waals surface area contributed by atoms with E-state index in [0.29, 0.717) is 34.5 Å². The van der Waals surface area contributed by atoms with Crippen LogP contribution in [0.3, 0.4) is 0 Å².